The molecule has 0 spiro atoms. The number of amides is 1. The molecule has 1 atom stereocenters. The lowest BCUT2D eigenvalue weighted by molar-refractivity contribution is -0.119. The molecule has 17 heavy (non-hydrogen) atoms. The van der Waals surface area contributed by atoms with Gasteiger partial charge in [0.1, 0.15) is 0 Å². The first-order valence-corrected chi connectivity index (χ1v) is 6.74. The Morgan fingerprint density at radius 1 is 1.41 bits per heavy atom. The molecule has 1 aromatic rings. The minimum atomic E-state index is 0.0344. The molecule has 1 aromatic heterocycles. The summed E-state index contributed by atoms with van der Waals surface area (Å²) < 4.78 is 0. The quantitative estimate of drug-likeness (QED) is 0.645. The molecule has 1 rings (SSSR count). The molecule has 0 saturated carbocycles. The smallest absolute Gasteiger partial charge is 0.230 e. The Labute approximate surface area is 107 Å². The van der Waals surface area contributed by atoms with Gasteiger partial charge in [0.2, 0.25) is 5.91 Å². The van der Waals surface area contributed by atoms with Crippen LogP contribution in [0.2, 0.25) is 0 Å². The fourth-order valence-electron chi connectivity index (χ4n) is 1.31. The van der Waals surface area contributed by atoms with Crippen LogP contribution in [0, 0.1) is 13.8 Å². The van der Waals surface area contributed by atoms with Crippen LogP contribution < -0.4 is 5.32 Å². The zero-order valence-corrected chi connectivity index (χ0v) is 11.6. The maximum atomic E-state index is 11.6. The highest BCUT2D eigenvalue weighted by Crippen LogP contribution is 2.13. The van der Waals surface area contributed by atoms with E-state index < -0.39 is 0 Å². The number of thioether (sulfide) groups is 1. The molecule has 4 nitrogen and oxygen atoms in total. The van der Waals surface area contributed by atoms with Gasteiger partial charge in [0.15, 0.2) is 5.16 Å². The molecule has 1 heterocycles. The van der Waals surface area contributed by atoms with Crippen LogP contribution in [0.25, 0.3) is 0 Å². The molecule has 0 fully saturated rings. The zero-order chi connectivity index (χ0) is 12.8. The zero-order valence-electron chi connectivity index (χ0n) is 10.8. The molecule has 0 radical (unpaired) electrons. The van der Waals surface area contributed by atoms with Crippen molar-refractivity contribution >= 4 is 17.7 Å². The molecule has 94 valence electrons. The van der Waals surface area contributed by atoms with Crippen LogP contribution >= 0.6 is 11.8 Å². The number of nitrogens with zero attached hydrogens (tertiary/aromatic N) is 2. The standard InChI is InChI=1S/C12H19N3OS/c1-5-8(2)13-11(16)7-17-12-14-9(3)6-10(4)15-12/h6,8H,5,7H2,1-4H3,(H,13,16). The highest BCUT2D eigenvalue weighted by molar-refractivity contribution is 7.99. The lowest BCUT2D eigenvalue weighted by atomic mass is 10.3. The first-order valence-electron chi connectivity index (χ1n) is 5.75. The molecule has 5 heteroatoms. The average molecular weight is 253 g/mol. The lowest BCUT2D eigenvalue weighted by Gasteiger charge is -2.10. The summed E-state index contributed by atoms with van der Waals surface area (Å²) in [6.45, 7) is 7.90. The summed E-state index contributed by atoms with van der Waals surface area (Å²) in [5.74, 6) is 0.403. The van der Waals surface area contributed by atoms with Crippen molar-refractivity contribution in [1.82, 2.24) is 15.3 Å². The SMILES string of the molecule is CCC(C)NC(=O)CSc1nc(C)cc(C)n1. The van der Waals surface area contributed by atoms with Crippen molar-refractivity contribution in [3.05, 3.63) is 17.5 Å². The fourth-order valence-corrected chi connectivity index (χ4v) is 2.07. The van der Waals surface area contributed by atoms with E-state index in [0.717, 1.165) is 17.8 Å². The van der Waals surface area contributed by atoms with Crippen LogP contribution in [-0.4, -0.2) is 27.7 Å². The van der Waals surface area contributed by atoms with Gasteiger partial charge in [-0.1, -0.05) is 18.7 Å². The lowest BCUT2D eigenvalue weighted by Crippen LogP contribution is -2.33. The number of aryl methyl sites for hydroxylation is 2. The molecule has 0 aliphatic rings. The first-order chi connectivity index (χ1) is 8.01. The average Bonchev–Trinajstić information content (AvgIpc) is 2.25. The minimum Gasteiger partial charge on any atom is -0.353 e. The van der Waals surface area contributed by atoms with E-state index >= 15 is 0 Å². The van der Waals surface area contributed by atoms with E-state index in [1.807, 2.05) is 33.8 Å². The molecule has 1 amide bonds. The summed E-state index contributed by atoms with van der Waals surface area (Å²) >= 11 is 1.38. The van der Waals surface area contributed by atoms with Crippen molar-refractivity contribution in [2.75, 3.05) is 5.75 Å². The van der Waals surface area contributed by atoms with Crippen molar-refractivity contribution in [2.24, 2.45) is 0 Å². The van der Waals surface area contributed by atoms with Crippen LogP contribution in [0.4, 0.5) is 0 Å². The van der Waals surface area contributed by atoms with E-state index in [-0.39, 0.29) is 11.9 Å². The van der Waals surface area contributed by atoms with E-state index in [1.165, 1.54) is 11.8 Å². The van der Waals surface area contributed by atoms with Gasteiger partial charge in [-0.3, -0.25) is 4.79 Å². The van der Waals surface area contributed by atoms with Crippen LogP contribution in [0.3, 0.4) is 0 Å². The number of hydrogen-bond donors (Lipinski definition) is 1. The molecule has 1 N–H and O–H groups in total. The molecule has 0 aromatic carbocycles. The maximum Gasteiger partial charge on any atom is 0.230 e. The maximum absolute atomic E-state index is 11.6. The Morgan fingerprint density at radius 3 is 2.53 bits per heavy atom. The van der Waals surface area contributed by atoms with Crippen LogP contribution in [0.5, 0.6) is 0 Å². The number of carbonyl (C=O) groups is 1. The third-order valence-corrected chi connectivity index (χ3v) is 3.16. The van der Waals surface area contributed by atoms with Crippen LogP contribution in [0.15, 0.2) is 11.2 Å². The van der Waals surface area contributed by atoms with E-state index in [1.54, 1.807) is 0 Å². The van der Waals surface area contributed by atoms with Crippen molar-refractivity contribution < 1.29 is 4.79 Å². The molecule has 1 unspecified atom stereocenters. The predicted octanol–water partition coefficient (Wildman–Crippen LogP) is 2.10. The third kappa shape index (κ3) is 5.17. The van der Waals surface area contributed by atoms with Gasteiger partial charge in [-0.25, -0.2) is 9.97 Å². The Hall–Kier alpha value is -1.10. The second-order valence-corrected chi connectivity index (χ2v) is 5.04. The Kier molecular flexibility index (Phi) is 5.41. The number of hydrogen-bond acceptors (Lipinski definition) is 4. The van der Waals surface area contributed by atoms with Crippen molar-refractivity contribution in [1.29, 1.82) is 0 Å². The van der Waals surface area contributed by atoms with Gasteiger partial charge in [-0.05, 0) is 33.3 Å². The fraction of sp³-hybridized carbons (Fsp3) is 0.583. The highest BCUT2D eigenvalue weighted by Gasteiger charge is 2.08. The van der Waals surface area contributed by atoms with E-state index in [4.69, 9.17) is 0 Å². The van der Waals surface area contributed by atoms with E-state index in [2.05, 4.69) is 15.3 Å². The molecule has 0 aliphatic carbocycles. The molecule has 0 saturated heterocycles. The summed E-state index contributed by atoms with van der Waals surface area (Å²) in [6.07, 6.45) is 0.941. The summed E-state index contributed by atoms with van der Waals surface area (Å²) in [4.78, 5) is 20.1. The summed E-state index contributed by atoms with van der Waals surface area (Å²) in [5.41, 5.74) is 1.87. The van der Waals surface area contributed by atoms with Gasteiger partial charge in [-0.15, -0.1) is 0 Å². The van der Waals surface area contributed by atoms with Crippen molar-refractivity contribution in [3.63, 3.8) is 0 Å². The number of rotatable bonds is 5. The summed E-state index contributed by atoms with van der Waals surface area (Å²) in [5, 5.41) is 3.58. The van der Waals surface area contributed by atoms with E-state index in [9.17, 15) is 4.79 Å². The second-order valence-electron chi connectivity index (χ2n) is 4.10. The van der Waals surface area contributed by atoms with Gasteiger partial charge < -0.3 is 5.32 Å². The molecule has 0 bridgehead atoms. The van der Waals surface area contributed by atoms with Gasteiger partial charge in [0.25, 0.3) is 0 Å². The highest BCUT2D eigenvalue weighted by atomic mass is 32.2. The van der Waals surface area contributed by atoms with Crippen LogP contribution in [0.1, 0.15) is 31.7 Å². The molecular weight excluding hydrogens is 234 g/mol. The third-order valence-electron chi connectivity index (χ3n) is 2.31. The number of nitrogens with one attached hydrogen (secondary N) is 1. The number of aromatic nitrogens is 2. The topological polar surface area (TPSA) is 54.9 Å². The van der Waals surface area contributed by atoms with Gasteiger partial charge in [0.05, 0.1) is 5.75 Å². The monoisotopic (exact) mass is 253 g/mol. The van der Waals surface area contributed by atoms with Crippen molar-refractivity contribution in [3.8, 4) is 0 Å². The molecule has 0 aliphatic heterocycles. The summed E-state index contributed by atoms with van der Waals surface area (Å²) in [7, 11) is 0. The Balaban J connectivity index is 2.47. The molecular formula is C12H19N3OS. The minimum absolute atomic E-state index is 0.0344. The van der Waals surface area contributed by atoms with E-state index in [0.29, 0.717) is 10.9 Å². The second kappa shape index (κ2) is 6.59. The van der Waals surface area contributed by atoms with Gasteiger partial charge in [-0.2, -0.15) is 0 Å². The first kappa shape index (κ1) is 14.0. The number of carbonyl (C=O) groups excluding carboxylic acids is 1. The Bertz CT molecular complexity index is 375. The van der Waals surface area contributed by atoms with Crippen LogP contribution in [-0.2, 0) is 4.79 Å². The van der Waals surface area contributed by atoms with Gasteiger partial charge >= 0.3 is 0 Å². The van der Waals surface area contributed by atoms with Gasteiger partial charge in [0, 0.05) is 17.4 Å². The summed E-state index contributed by atoms with van der Waals surface area (Å²) in [6, 6.07) is 2.15. The largest absolute Gasteiger partial charge is 0.353 e. The normalized spacial score (nSPS) is 12.2. The Morgan fingerprint density at radius 2 is 2.00 bits per heavy atom. The predicted molar refractivity (Wildman–Crippen MR) is 70.1 cm³/mol. The van der Waals surface area contributed by atoms with Crippen molar-refractivity contribution in [2.45, 2.75) is 45.3 Å².